The minimum absolute atomic E-state index is 0.0804. The largest absolute Gasteiger partial charge is 0.462 e. The maximum Gasteiger partial charge on any atom is 0.290 e. The van der Waals surface area contributed by atoms with Crippen LogP contribution in [0.25, 0.3) is 10.9 Å². The number of fused-ring (bicyclic) bond motifs is 1. The quantitative estimate of drug-likeness (QED) is 0.371. The molecule has 1 unspecified atom stereocenters. The number of aliphatic imine (C=N–C) groups is 1. The molecule has 9 heteroatoms. The number of amidine groups is 1. The van der Waals surface area contributed by atoms with Gasteiger partial charge in [0.2, 0.25) is 0 Å². The summed E-state index contributed by atoms with van der Waals surface area (Å²) in [5.74, 6) is 2.12. The third-order valence-corrected chi connectivity index (χ3v) is 5.67. The lowest BCUT2D eigenvalue weighted by atomic mass is 10.1. The number of aromatic nitrogens is 3. The molecular formula is C26H26N6O3. The summed E-state index contributed by atoms with van der Waals surface area (Å²) in [6.45, 7) is 6.02. The number of rotatable bonds is 6. The minimum Gasteiger partial charge on any atom is -0.462 e. The number of aliphatic hydroxyl groups is 1. The topological polar surface area (TPSA) is 114 Å². The van der Waals surface area contributed by atoms with Gasteiger partial charge in [-0.05, 0) is 74.9 Å². The summed E-state index contributed by atoms with van der Waals surface area (Å²) in [5.41, 5.74) is 3.74. The second kappa shape index (κ2) is 9.19. The molecule has 3 N–H and O–H groups in total. The molecule has 1 aliphatic heterocycles. The molecule has 0 radical (unpaired) electrons. The fourth-order valence-electron chi connectivity index (χ4n) is 3.66. The van der Waals surface area contributed by atoms with Crippen molar-refractivity contribution in [2.45, 2.75) is 26.3 Å². The molecule has 0 bridgehead atoms. The summed E-state index contributed by atoms with van der Waals surface area (Å²) >= 11 is 0. The van der Waals surface area contributed by atoms with E-state index in [0.717, 1.165) is 39.3 Å². The molecule has 1 aliphatic rings. The summed E-state index contributed by atoms with van der Waals surface area (Å²) in [6.07, 6.45) is 3.25. The normalized spacial score (nSPS) is 17.1. The third kappa shape index (κ3) is 4.99. The number of hydrogen-bond acceptors (Lipinski definition) is 9. The standard InChI is InChI=1S/C26H26N6O3/c1-16-10-18(6-9-23(16)35-20-7-4-17(2)27-12-20)30-24-21-11-19(5-8-22(21)28-15-29-24)31-25-32-26(3,13-33)14-34-25/h4-12,15,33H,13-14H2,1-3H3,(H,31,32)(H,28,29,30). The summed E-state index contributed by atoms with van der Waals surface area (Å²) in [5, 5.41) is 16.9. The number of ether oxygens (including phenoxy) is 2. The fraction of sp³-hybridized carbons (Fsp3) is 0.231. The molecule has 9 nitrogen and oxygen atoms in total. The first kappa shape index (κ1) is 22.5. The van der Waals surface area contributed by atoms with Crippen LogP contribution in [0.2, 0.25) is 0 Å². The van der Waals surface area contributed by atoms with Gasteiger partial charge in [-0.2, -0.15) is 0 Å². The summed E-state index contributed by atoms with van der Waals surface area (Å²) in [4.78, 5) is 17.5. The highest BCUT2D eigenvalue weighted by Crippen LogP contribution is 2.30. The van der Waals surface area contributed by atoms with Gasteiger partial charge in [-0.25, -0.2) is 15.0 Å². The Morgan fingerprint density at radius 1 is 1.00 bits per heavy atom. The van der Waals surface area contributed by atoms with Crippen LogP contribution in [-0.4, -0.2) is 44.8 Å². The van der Waals surface area contributed by atoms with Gasteiger partial charge in [0.15, 0.2) is 0 Å². The average molecular weight is 471 g/mol. The van der Waals surface area contributed by atoms with Gasteiger partial charge >= 0.3 is 0 Å². The van der Waals surface area contributed by atoms with E-state index < -0.39 is 5.54 Å². The van der Waals surface area contributed by atoms with Crippen molar-refractivity contribution in [2.24, 2.45) is 4.99 Å². The summed E-state index contributed by atoms with van der Waals surface area (Å²) < 4.78 is 11.6. The zero-order chi connectivity index (χ0) is 24.4. The van der Waals surface area contributed by atoms with Gasteiger partial charge in [-0.15, -0.1) is 0 Å². The van der Waals surface area contributed by atoms with E-state index in [0.29, 0.717) is 24.2 Å². The number of aliphatic hydroxyl groups excluding tert-OH is 1. The number of nitrogens with zero attached hydrogens (tertiary/aromatic N) is 4. The van der Waals surface area contributed by atoms with E-state index in [4.69, 9.17) is 9.47 Å². The fourth-order valence-corrected chi connectivity index (χ4v) is 3.66. The molecule has 35 heavy (non-hydrogen) atoms. The van der Waals surface area contributed by atoms with E-state index in [9.17, 15) is 5.11 Å². The lowest BCUT2D eigenvalue weighted by Gasteiger charge is -2.13. The first-order valence-electron chi connectivity index (χ1n) is 11.2. The van der Waals surface area contributed by atoms with Gasteiger partial charge in [-0.1, -0.05) is 0 Å². The number of nitrogens with one attached hydrogen (secondary N) is 2. The highest BCUT2D eigenvalue weighted by atomic mass is 16.5. The molecule has 2 aromatic carbocycles. The minimum atomic E-state index is -0.626. The Labute approximate surface area is 202 Å². The van der Waals surface area contributed by atoms with Crippen molar-refractivity contribution in [2.75, 3.05) is 23.8 Å². The molecule has 178 valence electrons. The van der Waals surface area contributed by atoms with Crippen molar-refractivity contribution in [3.63, 3.8) is 0 Å². The zero-order valence-corrected chi connectivity index (χ0v) is 19.7. The van der Waals surface area contributed by atoms with E-state index in [-0.39, 0.29) is 6.61 Å². The van der Waals surface area contributed by atoms with Crippen LogP contribution >= 0.6 is 0 Å². The molecule has 5 rings (SSSR count). The Balaban J connectivity index is 1.37. The van der Waals surface area contributed by atoms with Crippen LogP contribution in [0, 0.1) is 13.8 Å². The number of benzene rings is 2. The van der Waals surface area contributed by atoms with Crippen LogP contribution in [-0.2, 0) is 4.74 Å². The second-order valence-electron chi connectivity index (χ2n) is 8.78. The molecule has 0 spiro atoms. The van der Waals surface area contributed by atoms with Crippen molar-refractivity contribution >= 4 is 34.1 Å². The highest BCUT2D eigenvalue weighted by molar-refractivity contribution is 5.97. The highest BCUT2D eigenvalue weighted by Gasteiger charge is 2.31. The molecule has 2 aromatic heterocycles. The van der Waals surface area contributed by atoms with E-state index in [1.165, 1.54) is 6.33 Å². The average Bonchev–Trinajstić information content (AvgIpc) is 3.23. The molecular weight excluding hydrogens is 444 g/mol. The van der Waals surface area contributed by atoms with Crippen LogP contribution < -0.4 is 15.4 Å². The Bertz CT molecular complexity index is 1410. The number of pyridine rings is 1. The molecule has 0 fully saturated rings. The Morgan fingerprint density at radius 3 is 2.57 bits per heavy atom. The Morgan fingerprint density at radius 2 is 1.83 bits per heavy atom. The van der Waals surface area contributed by atoms with E-state index in [1.54, 1.807) is 6.20 Å². The Kier molecular flexibility index (Phi) is 5.92. The number of anilines is 3. The molecule has 3 heterocycles. The molecule has 0 saturated heterocycles. The third-order valence-electron chi connectivity index (χ3n) is 5.67. The maximum atomic E-state index is 9.50. The van der Waals surface area contributed by atoms with Gasteiger partial charge in [0.1, 0.15) is 35.8 Å². The van der Waals surface area contributed by atoms with Gasteiger partial charge in [0, 0.05) is 22.5 Å². The summed E-state index contributed by atoms with van der Waals surface area (Å²) in [6, 6.07) is 15.8. The van der Waals surface area contributed by atoms with Gasteiger partial charge in [0.05, 0.1) is 18.3 Å². The number of aryl methyl sites for hydroxylation is 2. The predicted octanol–water partition coefficient (Wildman–Crippen LogP) is 4.73. The van der Waals surface area contributed by atoms with E-state index >= 15 is 0 Å². The summed E-state index contributed by atoms with van der Waals surface area (Å²) in [7, 11) is 0. The molecule has 0 saturated carbocycles. The van der Waals surface area contributed by atoms with Crippen molar-refractivity contribution in [1.29, 1.82) is 0 Å². The van der Waals surface area contributed by atoms with E-state index in [1.807, 2.05) is 69.3 Å². The number of hydrogen-bond donors (Lipinski definition) is 3. The molecule has 4 aromatic rings. The van der Waals surface area contributed by atoms with E-state index in [2.05, 4.69) is 30.6 Å². The lowest BCUT2D eigenvalue weighted by molar-refractivity contribution is 0.170. The maximum absolute atomic E-state index is 9.50. The van der Waals surface area contributed by atoms with Crippen molar-refractivity contribution < 1.29 is 14.6 Å². The Hall–Kier alpha value is -4.24. The second-order valence-corrected chi connectivity index (χ2v) is 8.78. The zero-order valence-electron chi connectivity index (χ0n) is 19.7. The molecule has 1 atom stereocenters. The first-order chi connectivity index (χ1) is 16.9. The van der Waals surface area contributed by atoms with Crippen molar-refractivity contribution in [1.82, 2.24) is 15.0 Å². The molecule has 0 aliphatic carbocycles. The first-order valence-corrected chi connectivity index (χ1v) is 11.2. The van der Waals surface area contributed by atoms with Gasteiger partial charge < -0.3 is 25.2 Å². The monoisotopic (exact) mass is 470 g/mol. The van der Waals surface area contributed by atoms with Crippen LogP contribution in [0.5, 0.6) is 11.5 Å². The van der Waals surface area contributed by atoms with Crippen LogP contribution in [0.1, 0.15) is 18.2 Å². The van der Waals surface area contributed by atoms with Gasteiger partial charge in [0.25, 0.3) is 6.02 Å². The van der Waals surface area contributed by atoms with Crippen LogP contribution in [0.15, 0.2) is 66.0 Å². The van der Waals surface area contributed by atoms with Crippen molar-refractivity contribution in [3.8, 4) is 11.5 Å². The smallest absolute Gasteiger partial charge is 0.290 e. The van der Waals surface area contributed by atoms with Crippen LogP contribution in [0.4, 0.5) is 17.2 Å². The molecule has 0 amide bonds. The predicted molar refractivity (Wildman–Crippen MR) is 136 cm³/mol. The lowest BCUT2D eigenvalue weighted by Crippen LogP contribution is -2.28. The van der Waals surface area contributed by atoms with Crippen molar-refractivity contribution in [3.05, 3.63) is 72.3 Å². The van der Waals surface area contributed by atoms with Gasteiger partial charge in [-0.3, -0.25) is 4.98 Å². The van der Waals surface area contributed by atoms with Crippen LogP contribution in [0.3, 0.4) is 0 Å². The SMILES string of the molecule is Cc1ccc(Oc2ccc(Nc3ncnc4ccc(NC5=NC(C)(CO)CO5)cc34)cc2C)cn1.